The van der Waals surface area contributed by atoms with Gasteiger partial charge < -0.3 is 5.73 Å². The Bertz CT molecular complexity index is 328. The first-order chi connectivity index (χ1) is 5.16. The van der Waals surface area contributed by atoms with Crippen molar-refractivity contribution >= 4 is 28.9 Å². The van der Waals surface area contributed by atoms with Crippen LogP contribution in [0.15, 0.2) is 12.1 Å². The van der Waals surface area contributed by atoms with Gasteiger partial charge in [0.1, 0.15) is 6.07 Å². The van der Waals surface area contributed by atoms with Crippen molar-refractivity contribution in [1.82, 2.24) is 0 Å². The van der Waals surface area contributed by atoms with Crippen LogP contribution in [0.3, 0.4) is 0 Å². The van der Waals surface area contributed by atoms with Crippen molar-refractivity contribution in [2.24, 2.45) is 0 Å². The van der Waals surface area contributed by atoms with Crippen molar-refractivity contribution < 1.29 is 0 Å². The van der Waals surface area contributed by atoms with Gasteiger partial charge in [-0.05, 0) is 12.1 Å². The summed E-state index contributed by atoms with van der Waals surface area (Å²) in [5.74, 6) is 0. The molecule has 0 atom stereocenters. The summed E-state index contributed by atoms with van der Waals surface area (Å²) in [6.45, 7) is 0. The Morgan fingerprint density at radius 3 is 2.45 bits per heavy atom. The summed E-state index contributed by atoms with van der Waals surface area (Å²) >= 11 is 11.3. The Balaban J connectivity index is 3.44. The fourth-order valence-corrected chi connectivity index (χ4v) is 1.05. The van der Waals surface area contributed by atoms with Crippen LogP contribution in [0.5, 0.6) is 0 Å². The van der Waals surface area contributed by atoms with Crippen LogP contribution < -0.4 is 5.73 Å². The molecule has 0 saturated carbocycles. The summed E-state index contributed by atoms with van der Waals surface area (Å²) in [5.41, 5.74) is 6.02. The second kappa shape index (κ2) is 3.00. The Morgan fingerprint density at radius 1 is 1.36 bits per heavy atom. The van der Waals surface area contributed by atoms with Crippen molar-refractivity contribution in [1.29, 1.82) is 5.26 Å². The van der Waals surface area contributed by atoms with Crippen LogP contribution in [-0.2, 0) is 0 Å². The van der Waals surface area contributed by atoms with Gasteiger partial charge in [0.2, 0.25) is 0 Å². The van der Waals surface area contributed by atoms with Crippen LogP contribution in [0.1, 0.15) is 5.56 Å². The van der Waals surface area contributed by atoms with E-state index in [1.54, 1.807) is 12.1 Å². The maximum atomic E-state index is 8.55. The molecule has 0 aliphatic heterocycles. The van der Waals surface area contributed by atoms with Crippen molar-refractivity contribution in [3.05, 3.63) is 27.7 Å². The molecule has 2 nitrogen and oxygen atoms in total. The van der Waals surface area contributed by atoms with E-state index in [0.29, 0.717) is 10.7 Å². The first kappa shape index (κ1) is 8.19. The van der Waals surface area contributed by atoms with Gasteiger partial charge in [0, 0.05) is 0 Å². The summed E-state index contributed by atoms with van der Waals surface area (Å²) in [5, 5.41) is 9.11. The van der Waals surface area contributed by atoms with Crippen LogP contribution in [0.25, 0.3) is 0 Å². The van der Waals surface area contributed by atoms with E-state index in [1.807, 2.05) is 6.07 Å². The molecule has 0 fully saturated rings. The molecule has 56 valence electrons. The highest BCUT2D eigenvalue weighted by molar-refractivity contribution is 6.43. The summed E-state index contributed by atoms with van der Waals surface area (Å²) < 4.78 is 0. The lowest BCUT2D eigenvalue weighted by Gasteiger charge is -2.00. The molecule has 0 aliphatic rings. The largest absolute Gasteiger partial charge is 0.398 e. The monoisotopic (exact) mass is 186 g/mol. The molecule has 11 heavy (non-hydrogen) atoms. The molecular formula is C7H4Cl2N2. The van der Waals surface area contributed by atoms with Crippen LogP contribution in [0.4, 0.5) is 5.69 Å². The Hall–Kier alpha value is -0.910. The van der Waals surface area contributed by atoms with E-state index in [-0.39, 0.29) is 10.6 Å². The molecule has 0 aliphatic carbocycles. The third kappa shape index (κ3) is 1.40. The number of hydrogen-bond donors (Lipinski definition) is 1. The van der Waals surface area contributed by atoms with Crippen molar-refractivity contribution in [3.63, 3.8) is 0 Å². The van der Waals surface area contributed by atoms with Gasteiger partial charge in [-0.3, -0.25) is 0 Å². The van der Waals surface area contributed by atoms with Crippen LogP contribution >= 0.6 is 23.2 Å². The van der Waals surface area contributed by atoms with E-state index >= 15 is 0 Å². The Morgan fingerprint density at radius 2 is 2.00 bits per heavy atom. The van der Waals surface area contributed by atoms with Gasteiger partial charge in [0.15, 0.2) is 0 Å². The zero-order chi connectivity index (χ0) is 8.43. The Labute approximate surface area is 74.1 Å². The highest BCUT2D eigenvalue weighted by Gasteiger charge is 2.06. The Kier molecular flexibility index (Phi) is 2.23. The molecule has 4 heteroatoms. The predicted molar refractivity (Wildman–Crippen MR) is 45.6 cm³/mol. The maximum Gasteiger partial charge on any atom is 0.103 e. The molecule has 0 unspecified atom stereocenters. The van der Waals surface area contributed by atoms with Crippen LogP contribution in [-0.4, -0.2) is 0 Å². The maximum absolute atomic E-state index is 8.55. The summed E-state index contributed by atoms with van der Waals surface area (Å²) in [6.07, 6.45) is 0. The molecule has 0 amide bonds. The minimum atomic E-state index is 0.217. The number of nitrogens with two attached hydrogens (primary N) is 1. The van der Waals surface area contributed by atoms with Gasteiger partial charge in [-0.25, -0.2) is 0 Å². The third-order valence-electron chi connectivity index (χ3n) is 1.24. The third-order valence-corrected chi connectivity index (χ3v) is 2.04. The molecule has 1 aromatic carbocycles. The average molecular weight is 187 g/mol. The van der Waals surface area contributed by atoms with E-state index < -0.39 is 0 Å². The van der Waals surface area contributed by atoms with E-state index in [2.05, 4.69) is 0 Å². The number of nitriles is 1. The lowest BCUT2D eigenvalue weighted by atomic mass is 10.2. The number of nitrogens with zero attached hydrogens (tertiary/aromatic N) is 1. The van der Waals surface area contributed by atoms with Gasteiger partial charge in [-0.1, -0.05) is 23.2 Å². The van der Waals surface area contributed by atoms with E-state index in [1.165, 1.54) is 0 Å². The zero-order valence-corrected chi connectivity index (χ0v) is 6.95. The highest BCUT2D eigenvalue weighted by atomic mass is 35.5. The number of benzene rings is 1. The van der Waals surface area contributed by atoms with Crippen LogP contribution in [0, 0.1) is 11.3 Å². The molecule has 0 aromatic heterocycles. The molecule has 1 rings (SSSR count). The summed E-state index contributed by atoms with van der Waals surface area (Å²) in [7, 11) is 0. The standard InChI is InChI=1S/C7H4Cl2N2/c8-5-1-2-6(11)4(3-10)7(5)9/h1-2H,11H2. The second-order valence-corrected chi connectivity index (χ2v) is 2.72. The molecule has 0 saturated heterocycles. The van der Waals surface area contributed by atoms with E-state index in [9.17, 15) is 0 Å². The minimum absolute atomic E-state index is 0.217. The number of halogens is 2. The molecule has 2 N–H and O–H groups in total. The SMILES string of the molecule is N#Cc1c(N)ccc(Cl)c1Cl. The molecular weight excluding hydrogens is 183 g/mol. The van der Waals surface area contributed by atoms with Gasteiger partial charge in [0.05, 0.1) is 21.3 Å². The van der Waals surface area contributed by atoms with Gasteiger partial charge in [-0.15, -0.1) is 0 Å². The summed E-state index contributed by atoms with van der Waals surface area (Å²) in [4.78, 5) is 0. The molecule has 0 heterocycles. The lowest BCUT2D eigenvalue weighted by Crippen LogP contribution is -1.90. The second-order valence-electron chi connectivity index (χ2n) is 1.94. The fourth-order valence-electron chi connectivity index (χ4n) is 0.679. The minimum Gasteiger partial charge on any atom is -0.398 e. The van der Waals surface area contributed by atoms with Crippen LogP contribution in [0.2, 0.25) is 10.0 Å². The first-order valence-electron chi connectivity index (χ1n) is 2.80. The van der Waals surface area contributed by atoms with Gasteiger partial charge in [0.25, 0.3) is 0 Å². The molecule has 0 bridgehead atoms. The van der Waals surface area contributed by atoms with E-state index in [4.69, 9.17) is 34.2 Å². The van der Waals surface area contributed by atoms with Gasteiger partial charge in [-0.2, -0.15) is 5.26 Å². The first-order valence-corrected chi connectivity index (χ1v) is 3.56. The topological polar surface area (TPSA) is 49.8 Å². The normalized spacial score (nSPS) is 9.18. The average Bonchev–Trinajstić information content (AvgIpc) is 1.99. The van der Waals surface area contributed by atoms with Crippen molar-refractivity contribution in [3.8, 4) is 6.07 Å². The number of anilines is 1. The highest BCUT2D eigenvalue weighted by Crippen LogP contribution is 2.28. The molecule has 0 spiro atoms. The predicted octanol–water partition coefficient (Wildman–Crippen LogP) is 2.45. The van der Waals surface area contributed by atoms with Crippen molar-refractivity contribution in [2.75, 3.05) is 5.73 Å². The number of hydrogen-bond acceptors (Lipinski definition) is 2. The number of nitrogen functional groups attached to an aromatic ring is 1. The van der Waals surface area contributed by atoms with E-state index in [0.717, 1.165) is 0 Å². The lowest BCUT2D eigenvalue weighted by molar-refractivity contribution is 1.48. The smallest absolute Gasteiger partial charge is 0.103 e. The quantitative estimate of drug-likeness (QED) is 0.634. The molecule has 1 aromatic rings. The summed E-state index contributed by atoms with van der Waals surface area (Å²) in [6, 6.07) is 4.97. The van der Waals surface area contributed by atoms with Gasteiger partial charge >= 0.3 is 0 Å². The molecule has 0 radical (unpaired) electrons. The number of rotatable bonds is 0. The zero-order valence-electron chi connectivity index (χ0n) is 5.44. The van der Waals surface area contributed by atoms with Crippen molar-refractivity contribution in [2.45, 2.75) is 0 Å². The fraction of sp³-hybridized carbons (Fsp3) is 0.